The van der Waals surface area contributed by atoms with Crippen molar-refractivity contribution in [1.82, 2.24) is 9.55 Å². The van der Waals surface area contributed by atoms with E-state index in [1.807, 2.05) is 38.1 Å². The number of hydrogen-bond donors (Lipinski definition) is 1. The van der Waals surface area contributed by atoms with Gasteiger partial charge in [-0.25, -0.2) is 9.78 Å². The summed E-state index contributed by atoms with van der Waals surface area (Å²) in [5, 5.41) is 3.24. The van der Waals surface area contributed by atoms with Gasteiger partial charge < -0.3 is 10.1 Å². The first-order valence-corrected chi connectivity index (χ1v) is 10.6. The van der Waals surface area contributed by atoms with Gasteiger partial charge in [-0.05, 0) is 51.3 Å². The SMILES string of the molecule is CC[C@H](C)OC(=O)[C@@H](C)n1cnc2sc(C(=O)Nc3ccccc3C)c(C)c2c1=O. The van der Waals surface area contributed by atoms with Gasteiger partial charge in [-0.15, -0.1) is 11.3 Å². The van der Waals surface area contributed by atoms with Gasteiger partial charge in [-0.3, -0.25) is 14.2 Å². The lowest BCUT2D eigenvalue weighted by molar-refractivity contribution is -0.152. The van der Waals surface area contributed by atoms with Crippen LogP contribution in [0.1, 0.15) is 54.0 Å². The number of amides is 1. The van der Waals surface area contributed by atoms with E-state index in [1.165, 1.54) is 10.9 Å². The van der Waals surface area contributed by atoms with Crippen LogP contribution in [0.5, 0.6) is 0 Å². The molecule has 30 heavy (non-hydrogen) atoms. The summed E-state index contributed by atoms with van der Waals surface area (Å²) in [7, 11) is 0. The molecule has 1 amide bonds. The highest BCUT2D eigenvalue weighted by atomic mass is 32.1. The molecule has 2 atom stereocenters. The average molecular weight is 428 g/mol. The number of anilines is 1. The first-order chi connectivity index (χ1) is 14.2. The van der Waals surface area contributed by atoms with Gasteiger partial charge in [0.15, 0.2) is 0 Å². The van der Waals surface area contributed by atoms with Crippen molar-refractivity contribution in [2.24, 2.45) is 0 Å². The molecule has 3 aromatic rings. The number of esters is 1. The fourth-order valence-corrected chi connectivity index (χ4v) is 4.05. The van der Waals surface area contributed by atoms with Crippen molar-refractivity contribution in [3.63, 3.8) is 0 Å². The minimum atomic E-state index is -0.813. The number of benzene rings is 1. The summed E-state index contributed by atoms with van der Waals surface area (Å²) in [6.07, 6.45) is 1.80. The molecule has 158 valence electrons. The smallest absolute Gasteiger partial charge is 0.329 e. The van der Waals surface area contributed by atoms with E-state index < -0.39 is 12.0 Å². The number of carbonyl (C=O) groups is 2. The van der Waals surface area contributed by atoms with Crippen LogP contribution >= 0.6 is 11.3 Å². The predicted octanol–water partition coefficient (Wildman–Crippen LogP) is 4.23. The molecule has 8 heteroatoms. The van der Waals surface area contributed by atoms with Crippen LogP contribution in [0.3, 0.4) is 0 Å². The zero-order valence-electron chi connectivity index (χ0n) is 17.7. The molecule has 1 N–H and O–H groups in total. The first-order valence-electron chi connectivity index (χ1n) is 9.82. The van der Waals surface area contributed by atoms with Crippen LogP contribution in [0.2, 0.25) is 0 Å². The molecule has 0 bridgehead atoms. The van der Waals surface area contributed by atoms with E-state index in [4.69, 9.17) is 4.74 Å². The van der Waals surface area contributed by atoms with Crippen LogP contribution < -0.4 is 10.9 Å². The number of nitrogens with zero attached hydrogens (tertiary/aromatic N) is 2. The number of carbonyl (C=O) groups excluding carboxylic acids is 2. The van der Waals surface area contributed by atoms with Crippen molar-refractivity contribution >= 4 is 39.1 Å². The molecule has 0 saturated heterocycles. The minimum absolute atomic E-state index is 0.230. The first kappa shape index (κ1) is 21.7. The van der Waals surface area contributed by atoms with Crippen LogP contribution in [0.15, 0.2) is 35.4 Å². The lowest BCUT2D eigenvalue weighted by Gasteiger charge is -2.17. The topological polar surface area (TPSA) is 90.3 Å². The van der Waals surface area contributed by atoms with E-state index in [0.717, 1.165) is 16.9 Å². The Bertz CT molecular complexity index is 1160. The molecule has 0 aliphatic carbocycles. The molecule has 3 rings (SSSR count). The Balaban J connectivity index is 1.96. The minimum Gasteiger partial charge on any atom is -0.461 e. The summed E-state index contributed by atoms with van der Waals surface area (Å²) in [5.41, 5.74) is 1.84. The van der Waals surface area contributed by atoms with E-state index in [2.05, 4.69) is 10.3 Å². The van der Waals surface area contributed by atoms with Crippen LogP contribution in [0.25, 0.3) is 10.2 Å². The molecule has 0 spiro atoms. The van der Waals surface area contributed by atoms with E-state index >= 15 is 0 Å². The lowest BCUT2D eigenvalue weighted by atomic mass is 10.1. The lowest BCUT2D eigenvalue weighted by Crippen LogP contribution is -2.31. The second kappa shape index (κ2) is 8.79. The van der Waals surface area contributed by atoms with E-state index in [-0.39, 0.29) is 17.6 Å². The maximum atomic E-state index is 13.1. The Morgan fingerprint density at radius 3 is 2.60 bits per heavy atom. The average Bonchev–Trinajstić information content (AvgIpc) is 3.06. The second-order valence-electron chi connectivity index (χ2n) is 7.29. The predicted molar refractivity (Wildman–Crippen MR) is 118 cm³/mol. The Hall–Kier alpha value is -3.00. The largest absolute Gasteiger partial charge is 0.461 e. The molecule has 0 unspecified atom stereocenters. The van der Waals surface area contributed by atoms with Crippen LogP contribution in [-0.2, 0) is 9.53 Å². The molecular formula is C22H25N3O4S. The van der Waals surface area contributed by atoms with Gasteiger partial charge >= 0.3 is 5.97 Å². The van der Waals surface area contributed by atoms with E-state index in [0.29, 0.717) is 32.8 Å². The van der Waals surface area contributed by atoms with E-state index in [1.54, 1.807) is 20.8 Å². The second-order valence-corrected chi connectivity index (χ2v) is 8.29. The van der Waals surface area contributed by atoms with Crippen molar-refractivity contribution in [1.29, 1.82) is 0 Å². The summed E-state index contributed by atoms with van der Waals surface area (Å²) in [6, 6.07) is 6.67. The molecule has 0 fully saturated rings. The molecule has 2 aromatic heterocycles. The van der Waals surface area contributed by atoms with Gasteiger partial charge in [-0.1, -0.05) is 25.1 Å². The Morgan fingerprint density at radius 2 is 1.93 bits per heavy atom. The number of aromatic nitrogens is 2. The zero-order chi connectivity index (χ0) is 22.0. The summed E-state index contributed by atoms with van der Waals surface area (Å²) in [6.45, 7) is 8.96. The highest BCUT2D eigenvalue weighted by Crippen LogP contribution is 2.28. The third-order valence-electron chi connectivity index (χ3n) is 5.13. The van der Waals surface area contributed by atoms with Crippen molar-refractivity contribution in [3.05, 3.63) is 57.0 Å². The molecule has 0 aliphatic heterocycles. The standard InChI is InChI=1S/C22H25N3O4S/c1-6-13(3)29-22(28)15(5)25-11-23-20-17(21(25)27)14(4)18(30-20)19(26)24-16-10-8-7-9-12(16)2/h7-11,13,15H,6H2,1-5H3,(H,24,26)/t13-,15+/m0/s1. The summed E-state index contributed by atoms with van der Waals surface area (Å²) in [4.78, 5) is 43.5. The normalized spacial score (nSPS) is 13.1. The van der Waals surface area contributed by atoms with Gasteiger partial charge in [0.05, 0.1) is 22.7 Å². The van der Waals surface area contributed by atoms with Gasteiger partial charge in [0.2, 0.25) is 0 Å². The van der Waals surface area contributed by atoms with E-state index in [9.17, 15) is 14.4 Å². The monoisotopic (exact) mass is 427 g/mol. The summed E-state index contributed by atoms with van der Waals surface area (Å²) >= 11 is 1.16. The highest BCUT2D eigenvalue weighted by molar-refractivity contribution is 7.20. The summed E-state index contributed by atoms with van der Waals surface area (Å²) in [5.74, 6) is -0.780. The summed E-state index contributed by atoms with van der Waals surface area (Å²) < 4.78 is 6.61. The van der Waals surface area contributed by atoms with Crippen LogP contribution in [0.4, 0.5) is 5.69 Å². The van der Waals surface area contributed by atoms with Crippen molar-refractivity contribution in [2.75, 3.05) is 5.32 Å². The third kappa shape index (κ3) is 4.14. The molecule has 7 nitrogen and oxygen atoms in total. The van der Waals surface area contributed by atoms with Crippen molar-refractivity contribution in [3.8, 4) is 0 Å². The van der Waals surface area contributed by atoms with Gasteiger partial charge in [0.1, 0.15) is 10.9 Å². The van der Waals surface area contributed by atoms with Crippen LogP contribution in [0, 0.1) is 13.8 Å². The molecule has 0 saturated carbocycles. The van der Waals surface area contributed by atoms with Gasteiger partial charge in [0.25, 0.3) is 11.5 Å². The number of aryl methyl sites for hydroxylation is 2. The molecule has 1 aromatic carbocycles. The molecule has 0 radical (unpaired) electrons. The molecule has 0 aliphatic rings. The Kier molecular flexibility index (Phi) is 6.36. The number of thiophene rings is 1. The number of nitrogens with one attached hydrogen (secondary N) is 1. The maximum absolute atomic E-state index is 13.1. The number of para-hydroxylation sites is 1. The molecular weight excluding hydrogens is 402 g/mol. The van der Waals surface area contributed by atoms with Crippen LogP contribution in [-0.4, -0.2) is 27.5 Å². The Morgan fingerprint density at radius 1 is 1.23 bits per heavy atom. The zero-order valence-corrected chi connectivity index (χ0v) is 18.5. The number of hydrogen-bond acceptors (Lipinski definition) is 6. The fourth-order valence-electron chi connectivity index (χ4n) is 3.02. The molecule has 2 heterocycles. The quantitative estimate of drug-likeness (QED) is 0.595. The van der Waals surface area contributed by atoms with Gasteiger partial charge in [0, 0.05) is 5.69 Å². The highest BCUT2D eigenvalue weighted by Gasteiger charge is 2.24. The third-order valence-corrected chi connectivity index (χ3v) is 6.32. The Labute approximate surface area is 178 Å². The number of rotatable bonds is 6. The maximum Gasteiger partial charge on any atom is 0.329 e. The number of ether oxygens (including phenoxy) is 1. The number of fused-ring (bicyclic) bond motifs is 1. The fraction of sp³-hybridized carbons (Fsp3) is 0.364. The van der Waals surface area contributed by atoms with Crippen molar-refractivity contribution in [2.45, 2.75) is 53.2 Å². The van der Waals surface area contributed by atoms with Crippen molar-refractivity contribution < 1.29 is 14.3 Å². The van der Waals surface area contributed by atoms with Gasteiger partial charge in [-0.2, -0.15) is 0 Å².